The van der Waals surface area contributed by atoms with Crippen LogP contribution < -0.4 is 34.9 Å². The van der Waals surface area contributed by atoms with Gasteiger partial charge in [-0.2, -0.15) is 0 Å². The van der Waals surface area contributed by atoms with Gasteiger partial charge in [-0.1, -0.05) is 0 Å². The summed E-state index contributed by atoms with van der Waals surface area (Å²) in [6.45, 7) is 0.0683. The first-order valence-electron chi connectivity index (χ1n) is 3.05. The van der Waals surface area contributed by atoms with Gasteiger partial charge >= 0.3 is 37.3 Å². The second kappa shape index (κ2) is 4.54. The Bertz CT molecular complexity index is 287. The summed E-state index contributed by atoms with van der Waals surface area (Å²) in [4.78, 5) is 28.8. The summed E-state index contributed by atoms with van der Waals surface area (Å²) >= 11 is 0. The van der Waals surface area contributed by atoms with Crippen molar-refractivity contribution in [1.29, 1.82) is 0 Å². The van der Waals surface area contributed by atoms with Crippen molar-refractivity contribution in [3.05, 3.63) is 0 Å². The van der Waals surface area contributed by atoms with Crippen molar-refractivity contribution in [3.8, 4) is 0 Å². The number of carbonyl (C=O) groups is 1. The average Bonchev–Trinajstić information content (AvgIpc) is 2.06. The predicted molar refractivity (Wildman–Crippen MR) is 40.3 cm³/mol. The largest absolute Gasteiger partial charge is 1.00 e. The molecule has 0 atom stereocenters. The fourth-order valence-electron chi connectivity index (χ4n) is 0.775. The zero-order chi connectivity index (χ0) is 9.35. The molecule has 0 aromatic carbocycles. The van der Waals surface area contributed by atoms with Crippen molar-refractivity contribution in [2.24, 2.45) is 4.76 Å². The first kappa shape index (κ1) is 13.1. The van der Waals surface area contributed by atoms with E-state index < -0.39 is 7.75 Å². The molecule has 68 valence electrons. The van der Waals surface area contributed by atoms with Crippen molar-refractivity contribution in [3.63, 3.8) is 0 Å². The van der Waals surface area contributed by atoms with Gasteiger partial charge in [0.1, 0.15) is 0 Å². The second-order valence-electron chi connectivity index (χ2n) is 2.34. The number of amides is 1. The van der Waals surface area contributed by atoms with Crippen molar-refractivity contribution in [1.82, 2.24) is 10.2 Å². The number of carbonyl (C=O) groups excluding carboxylic acids is 1. The number of rotatable bonds is 1. The van der Waals surface area contributed by atoms with Gasteiger partial charge in [0.25, 0.3) is 0 Å². The van der Waals surface area contributed by atoms with Crippen molar-refractivity contribution in [2.75, 3.05) is 13.6 Å². The molecule has 1 rings (SSSR count). The fraction of sp³-hybridized carbons (Fsp3) is 0.500. The molecule has 0 aliphatic carbocycles. The van der Waals surface area contributed by atoms with Gasteiger partial charge in [0.2, 0.25) is 11.9 Å². The third-order valence-electron chi connectivity index (χ3n) is 1.22. The quantitative estimate of drug-likeness (QED) is 0.303. The van der Waals surface area contributed by atoms with E-state index in [-0.39, 0.29) is 48.0 Å². The third kappa shape index (κ3) is 4.21. The van der Waals surface area contributed by atoms with E-state index in [4.69, 9.17) is 9.79 Å². The summed E-state index contributed by atoms with van der Waals surface area (Å²) < 4.78 is 13.4. The molecular weight excluding hydrogens is 208 g/mol. The number of guanidine groups is 1. The molecule has 0 saturated carbocycles. The maximum absolute atomic E-state index is 10.7. The fourth-order valence-corrected chi connectivity index (χ4v) is 1.22. The summed E-state index contributed by atoms with van der Waals surface area (Å²) in [5.41, 5.74) is 0. The van der Waals surface area contributed by atoms with Gasteiger partial charge in [0, 0.05) is 7.05 Å². The van der Waals surface area contributed by atoms with Crippen molar-refractivity contribution < 1.29 is 48.7 Å². The number of likely N-dealkylation sites (N-methyl/N-ethyl adjacent to an activating group) is 1. The van der Waals surface area contributed by atoms with Crippen LogP contribution in [-0.4, -0.2) is 40.1 Å². The second-order valence-corrected chi connectivity index (χ2v) is 3.57. The molecule has 1 aliphatic rings. The molecule has 1 fully saturated rings. The van der Waals surface area contributed by atoms with E-state index in [0.717, 1.165) is 0 Å². The van der Waals surface area contributed by atoms with Gasteiger partial charge < -0.3 is 14.7 Å². The van der Waals surface area contributed by atoms with Crippen LogP contribution in [0.15, 0.2) is 4.76 Å². The molecule has 7 nitrogen and oxygen atoms in total. The van der Waals surface area contributed by atoms with Gasteiger partial charge in [-0.3, -0.25) is 10.1 Å². The van der Waals surface area contributed by atoms with Crippen molar-refractivity contribution >= 4 is 19.6 Å². The number of nitrogens with zero attached hydrogens (tertiary/aromatic N) is 2. The van der Waals surface area contributed by atoms with Crippen molar-refractivity contribution in [2.45, 2.75) is 0 Å². The third-order valence-corrected chi connectivity index (χ3v) is 1.67. The molecule has 9 heteroatoms. The van der Waals surface area contributed by atoms with Gasteiger partial charge in [-0.15, -0.1) is 4.76 Å². The first-order valence-corrected chi connectivity index (χ1v) is 4.62. The normalized spacial score (nSPS) is 20.1. The molecule has 1 saturated heterocycles. The SMILES string of the molecule is CN1CC(=O)N/C1=N\P(=O)(O)O.[Na+]. The van der Waals surface area contributed by atoms with Crippen LogP contribution in [0.2, 0.25) is 0 Å². The summed E-state index contributed by atoms with van der Waals surface area (Å²) in [7, 11) is -2.94. The minimum Gasteiger partial charge on any atom is -0.336 e. The Morgan fingerprint density at radius 3 is 2.46 bits per heavy atom. The summed E-state index contributed by atoms with van der Waals surface area (Å²) in [6, 6.07) is 0. The van der Waals surface area contributed by atoms with E-state index in [1.54, 1.807) is 0 Å². The zero-order valence-corrected chi connectivity index (χ0v) is 10.2. The van der Waals surface area contributed by atoms with Gasteiger partial charge in [0.15, 0.2) is 0 Å². The number of hydrogen-bond acceptors (Lipinski definition) is 2. The van der Waals surface area contributed by atoms with E-state index in [1.165, 1.54) is 11.9 Å². The molecule has 0 bridgehead atoms. The molecule has 0 aromatic rings. The molecule has 1 amide bonds. The summed E-state index contributed by atoms with van der Waals surface area (Å²) in [5, 5.41) is 2.20. The van der Waals surface area contributed by atoms with Gasteiger partial charge in [0.05, 0.1) is 6.54 Å². The van der Waals surface area contributed by atoms with Crippen LogP contribution in [0.4, 0.5) is 0 Å². The van der Waals surface area contributed by atoms with Crippen LogP contribution in [0.3, 0.4) is 0 Å². The minimum atomic E-state index is -4.45. The van der Waals surface area contributed by atoms with E-state index >= 15 is 0 Å². The Kier molecular flexibility index (Phi) is 4.58. The van der Waals surface area contributed by atoms with Crippen LogP contribution in [0.1, 0.15) is 0 Å². The molecule has 1 aliphatic heterocycles. The van der Waals surface area contributed by atoms with E-state index in [0.29, 0.717) is 0 Å². The first-order chi connectivity index (χ1) is 5.38. The maximum atomic E-state index is 10.7. The molecule has 0 radical (unpaired) electrons. The number of hydrogen-bond donors (Lipinski definition) is 3. The van der Waals surface area contributed by atoms with Crippen LogP contribution in [0, 0.1) is 0 Å². The average molecular weight is 216 g/mol. The standard InChI is InChI=1S/C4H8N3O4P.Na/c1-7-2-3(8)5-4(7)6-12(9,10)11;/h2H2,1H3,(H3,5,6,8,9,10,11);/q;+1. The Morgan fingerprint density at radius 2 is 2.15 bits per heavy atom. The summed E-state index contributed by atoms with van der Waals surface area (Å²) in [5.74, 6) is -0.418. The Hall–Kier alpha value is 0.0900. The van der Waals surface area contributed by atoms with Gasteiger partial charge in [-0.25, -0.2) is 4.57 Å². The molecular formula is C4H8N3NaO4P+. The Morgan fingerprint density at radius 1 is 1.62 bits per heavy atom. The Balaban J connectivity index is 0.00000144. The zero-order valence-electron chi connectivity index (χ0n) is 7.26. The van der Waals surface area contributed by atoms with Gasteiger partial charge in [-0.05, 0) is 0 Å². The molecule has 0 spiro atoms. The summed E-state index contributed by atoms with van der Waals surface area (Å²) in [6.07, 6.45) is 0. The smallest absolute Gasteiger partial charge is 0.336 e. The predicted octanol–water partition coefficient (Wildman–Crippen LogP) is -4.50. The molecule has 1 heterocycles. The molecule has 13 heavy (non-hydrogen) atoms. The van der Waals surface area contributed by atoms with E-state index in [1.807, 2.05) is 0 Å². The van der Waals surface area contributed by atoms with E-state index in [2.05, 4.69) is 10.1 Å². The molecule has 3 N–H and O–H groups in total. The van der Waals surface area contributed by atoms with Crippen LogP contribution in [0.25, 0.3) is 0 Å². The van der Waals surface area contributed by atoms with Crippen LogP contribution in [0.5, 0.6) is 0 Å². The van der Waals surface area contributed by atoms with Crippen LogP contribution >= 0.6 is 7.75 Å². The monoisotopic (exact) mass is 216 g/mol. The Labute approximate surface area is 96.7 Å². The molecule has 0 aromatic heterocycles. The minimum absolute atomic E-state index is 0. The van der Waals surface area contributed by atoms with Crippen LogP contribution in [-0.2, 0) is 9.36 Å². The molecule has 0 unspecified atom stereocenters. The topological polar surface area (TPSA) is 102 Å². The maximum Gasteiger partial charge on any atom is 1.00 e. The van der Waals surface area contributed by atoms with E-state index in [9.17, 15) is 9.36 Å². The number of nitrogens with one attached hydrogen (secondary N) is 1.